The van der Waals surface area contributed by atoms with Crippen LogP contribution >= 0.6 is 0 Å². The number of carbonyl (C=O) groups excluding carboxylic acids is 1. The second-order valence-electron chi connectivity index (χ2n) is 3.43. The van der Waals surface area contributed by atoms with Gasteiger partial charge in [-0.25, -0.2) is 0 Å². The molecule has 0 radical (unpaired) electrons. The molecule has 2 heteroatoms. The van der Waals surface area contributed by atoms with E-state index in [1.807, 2.05) is 13.8 Å². The maximum absolute atomic E-state index is 11.2. The Kier molecular flexibility index (Phi) is 5.99. The summed E-state index contributed by atoms with van der Waals surface area (Å²) in [6.07, 6.45) is 2.77. The van der Waals surface area contributed by atoms with E-state index in [0.717, 1.165) is 12.8 Å². The summed E-state index contributed by atoms with van der Waals surface area (Å²) in [4.78, 5) is 11.2. The topological polar surface area (TPSA) is 26.3 Å². The zero-order valence-electron chi connectivity index (χ0n) is 8.59. The van der Waals surface area contributed by atoms with Crippen molar-refractivity contribution in [3.8, 4) is 0 Å². The van der Waals surface area contributed by atoms with Crippen LogP contribution in [0.5, 0.6) is 0 Å². The van der Waals surface area contributed by atoms with E-state index < -0.39 is 0 Å². The summed E-state index contributed by atoms with van der Waals surface area (Å²) in [6, 6.07) is 0. The standard InChI is InChI=1S/C10H20O2/c1-5-9(12-4)6-7-10(11)8(2)3/h8-9H,5-7H2,1-4H3. The van der Waals surface area contributed by atoms with E-state index in [0.29, 0.717) is 12.2 Å². The second kappa shape index (κ2) is 6.18. The van der Waals surface area contributed by atoms with E-state index in [2.05, 4.69) is 6.92 Å². The summed E-state index contributed by atoms with van der Waals surface area (Å²) >= 11 is 0. The predicted octanol–water partition coefficient (Wildman–Crippen LogP) is 2.42. The first-order valence-corrected chi connectivity index (χ1v) is 4.67. The van der Waals surface area contributed by atoms with Gasteiger partial charge in [-0.15, -0.1) is 0 Å². The van der Waals surface area contributed by atoms with E-state index in [1.165, 1.54) is 0 Å². The largest absolute Gasteiger partial charge is 0.381 e. The van der Waals surface area contributed by atoms with Crippen LogP contribution in [0.2, 0.25) is 0 Å². The SMILES string of the molecule is CCC(CCC(=O)C(C)C)OC. The van der Waals surface area contributed by atoms with Crippen LogP contribution < -0.4 is 0 Å². The Morgan fingerprint density at radius 3 is 2.33 bits per heavy atom. The Hall–Kier alpha value is -0.370. The van der Waals surface area contributed by atoms with Gasteiger partial charge < -0.3 is 4.74 Å². The molecule has 0 rings (SSSR count). The molecule has 0 aliphatic carbocycles. The summed E-state index contributed by atoms with van der Waals surface area (Å²) in [7, 11) is 1.70. The maximum Gasteiger partial charge on any atom is 0.135 e. The first kappa shape index (κ1) is 11.6. The molecule has 0 fully saturated rings. The number of rotatable bonds is 6. The van der Waals surface area contributed by atoms with Crippen molar-refractivity contribution in [2.24, 2.45) is 5.92 Å². The quantitative estimate of drug-likeness (QED) is 0.615. The predicted molar refractivity (Wildman–Crippen MR) is 50.2 cm³/mol. The lowest BCUT2D eigenvalue weighted by molar-refractivity contribution is -0.122. The lowest BCUT2D eigenvalue weighted by atomic mass is 10.0. The third kappa shape index (κ3) is 4.50. The van der Waals surface area contributed by atoms with Gasteiger partial charge >= 0.3 is 0 Å². The van der Waals surface area contributed by atoms with Gasteiger partial charge in [0, 0.05) is 19.4 Å². The molecule has 0 saturated heterocycles. The molecule has 0 saturated carbocycles. The van der Waals surface area contributed by atoms with Crippen molar-refractivity contribution < 1.29 is 9.53 Å². The Morgan fingerprint density at radius 1 is 1.42 bits per heavy atom. The molecule has 0 aromatic rings. The minimum Gasteiger partial charge on any atom is -0.381 e. The third-order valence-corrected chi connectivity index (χ3v) is 2.15. The van der Waals surface area contributed by atoms with Crippen molar-refractivity contribution in [1.29, 1.82) is 0 Å². The zero-order valence-corrected chi connectivity index (χ0v) is 8.59. The molecule has 72 valence electrons. The summed E-state index contributed by atoms with van der Waals surface area (Å²) in [5.74, 6) is 0.505. The lowest BCUT2D eigenvalue weighted by Gasteiger charge is -2.12. The molecule has 0 bridgehead atoms. The van der Waals surface area contributed by atoms with Crippen LogP contribution in [0.15, 0.2) is 0 Å². The summed E-state index contributed by atoms with van der Waals surface area (Å²) in [5.41, 5.74) is 0. The van der Waals surface area contributed by atoms with Crippen molar-refractivity contribution in [2.45, 2.75) is 46.1 Å². The smallest absolute Gasteiger partial charge is 0.135 e. The van der Waals surface area contributed by atoms with Crippen molar-refractivity contribution in [3.63, 3.8) is 0 Å². The monoisotopic (exact) mass is 172 g/mol. The van der Waals surface area contributed by atoms with Gasteiger partial charge in [0.1, 0.15) is 5.78 Å². The highest BCUT2D eigenvalue weighted by molar-refractivity contribution is 5.80. The van der Waals surface area contributed by atoms with Crippen LogP contribution in [0.4, 0.5) is 0 Å². The summed E-state index contributed by atoms with van der Waals surface area (Å²) in [6.45, 7) is 5.96. The molecule has 0 amide bonds. The van der Waals surface area contributed by atoms with Gasteiger partial charge in [-0.2, -0.15) is 0 Å². The van der Waals surface area contributed by atoms with Gasteiger partial charge in [0.05, 0.1) is 6.10 Å². The van der Waals surface area contributed by atoms with Crippen LogP contribution in [-0.2, 0) is 9.53 Å². The van der Waals surface area contributed by atoms with Crippen LogP contribution in [0, 0.1) is 5.92 Å². The Labute approximate surface area is 75.3 Å². The van der Waals surface area contributed by atoms with E-state index in [-0.39, 0.29) is 12.0 Å². The molecule has 2 nitrogen and oxygen atoms in total. The fourth-order valence-electron chi connectivity index (χ4n) is 1.08. The molecule has 0 aromatic heterocycles. The first-order chi connectivity index (χ1) is 5.61. The van der Waals surface area contributed by atoms with Crippen molar-refractivity contribution in [2.75, 3.05) is 7.11 Å². The van der Waals surface area contributed by atoms with Gasteiger partial charge in [-0.05, 0) is 12.8 Å². The highest BCUT2D eigenvalue weighted by Gasteiger charge is 2.10. The molecule has 12 heavy (non-hydrogen) atoms. The lowest BCUT2D eigenvalue weighted by Crippen LogP contribution is -2.14. The molecule has 0 aliphatic heterocycles. The highest BCUT2D eigenvalue weighted by Crippen LogP contribution is 2.08. The normalized spacial score (nSPS) is 13.4. The van der Waals surface area contributed by atoms with E-state index in [4.69, 9.17) is 4.74 Å². The molecule has 0 N–H and O–H groups in total. The molecule has 0 heterocycles. The number of ether oxygens (including phenoxy) is 1. The molecule has 0 aliphatic rings. The third-order valence-electron chi connectivity index (χ3n) is 2.15. The average Bonchev–Trinajstić information content (AvgIpc) is 2.05. The molecule has 0 spiro atoms. The minimum absolute atomic E-state index is 0.166. The summed E-state index contributed by atoms with van der Waals surface area (Å²) in [5, 5.41) is 0. The number of methoxy groups -OCH3 is 1. The number of carbonyl (C=O) groups is 1. The highest BCUT2D eigenvalue weighted by atomic mass is 16.5. The zero-order chi connectivity index (χ0) is 9.56. The van der Waals surface area contributed by atoms with Crippen molar-refractivity contribution in [1.82, 2.24) is 0 Å². The van der Waals surface area contributed by atoms with Crippen molar-refractivity contribution >= 4 is 5.78 Å². The number of ketones is 1. The van der Waals surface area contributed by atoms with E-state index >= 15 is 0 Å². The van der Waals surface area contributed by atoms with Gasteiger partial charge in [0.15, 0.2) is 0 Å². The van der Waals surface area contributed by atoms with Gasteiger partial charge in [-0.1, -0.05) is 20.8 Å². The molecular weight excluding hydrogens is 152 g/mol. The first-order valence-electron chi connectivity index (χ1n) is 4.67. The number of hydrogen-bond donors (Lipinski definition) is 0. The summed E-state index contributed by atoms with van der Waals surface area (Å²) < 4.78 is 5.18. The fourth-order valence-corrected chi connectivity index (χ4v) is 1.08. The molecule has 0 aromatic carbocycles. The van der Waals surface area contributed by atoms with Crippen LogP contribution in [0.3, 0.4) is 0 Å². The Morgan fingerprint density at radius 2 is 2.00 bits per heavy atom. The van der Waals surface area contributed by atoms with Crippen LogP contribution in [0.1, 0.15) is 40.0 Å². The Balaban J connectivity index is 3.59. The van der Waals surface area contributed by atoms with Crippen molar-refractivity contribution in [3.05, 3.63) is 0 Å². The minimum atomic E-state index is 0.166. The molecule has 1 unspecified atom stereocenters. The second-order valence-corrected chi connectivity index (χ2v) is 3.43. The van der Waals surface area contributed by atoms with Crippen LogP contribution in [-0.4, -0.2) is 19.0 Å². The van der Waals surface area contributed by atoms with Crippen LogP contribution in [0.25, 0.3) is 0 Å². The number of hydrogen-bond acceptors (Lipinski definition) is 2. The fraction of sp³-hybridized carbons (Fsp3) is 0.900. The van der Waals surface area contributed by atoms with E-state index in [1.54, 1.807) is 7.11 Å². The Bertz CT molecular complexity index is 126. The average molecular weight is 172 g/mol. The number of Topliss-reactive ketones (excluding diaryl/α,β-unsaturated/α-hetero) is 1. The van der Waals surface area contributed by atoms with E-state index in [9.17, 15) is 4.79 Å². The molecule has 1 atom stereocenters. The van der Waals surface area contributed by atoms with Gasteiger partial charge in [0.25, 0.3) is 0 Å². The van der Waals surface area contributed by atoms with Gasteiger partial charge in [0.2, 0.25) is 0 Å². The maximum atomic E-state index is 11.2. The van der Waals surface area contributed by atoms with Gasteiger partial charge in [-0.3, -0.25) is 4.79 Å². The molecular formula is C10H20O2.